The molecule has 10 heteroatoms. The second kappa shape index (κ2) is 7.23. The maximum absolute atomic E-state index is 12.5. The normalized spacial score (nSPS) is 17.0. The van der Waals surface area contributed by atoms with E-state index in [2.05, 4.69) is 14.6 Å². The number of nitrogens with one attached hydrogen (secondary N) is 1. The average molecular weight is 405 g/mol. The molecule has 1 aliphatic rings. The van der Waals surface area contributed by atoms with Crippen LogP contribution < -0.4 is 9.50 Å². The van der Waals surface area contributed by atoms with Gasteiger partial charge in [0.25, 0.3) is 5.91 Å². The summed E-state index contributed by atoms with van der Waals surface area (Å²) in [6.45, 7) is 1.16. The lowest BCUT2D eigenvalue weighted by Gasteiger charge is -2.11. The summed E-state index contributed by atoms with van der Waals surface area (Å²) in [5.74, 6) is -0.209. The van der Waals surface area contributed by atoms with E-state index in [9.17, 15) is 13.2 Å². The van der Waals surface area contributed by atoms with E-state index in [1.807, 2.05) is 6.07 Å². The highest BCUT2D eigenvalue weighted by Gasteiger charge is 2.19. The van der Waals surface area contributed by atoms with Crippen LogP contribution in [-0.2, 0) is 15.1 Å². The Morgan fingerprint density at radius 3 is 2.89 bits per heavy atom. The van der Waals surface area contributed by atoms with Crippen molar-refractivity contribution in [3.63, 3.8) is 0 Å². The van der Waals surface area contributed by atoms with Crippen LogP contribution in [0.1, 0.15) is 16.8 Å². The number of rotatable bonds is 5. The molecule has 0 spiro atoms. The Kier molecular flexibility index (Phi) is 4.75. The van der Waals surface area contributed by atoms with Crippen molar-refractivity contribution in [1.29, 1.82) is 0 Å². The summed E-state index contributed by atoms with van der Waals surface area (Å²) in [6, 6.07) is 11.5. The number of ether oxygens (including phenoxy) is 1. The van der Waals surface area contributed by atoms with Crippen LogP contribution in [0.25, 0.3) is 16.6 Å². The van der Waals surface area contributed by atoms with Gasteiger partial charge in [-0.15, -0.1) is 0 Å². The molecule has 0 bridgehead atoms. The van der Waals surface area contributed by atoms with Gasteiger partial charge in [0.1, 0.15) is 5.75 Å². The number of nitrogens with zero attached hydrogens (tertiary/aromatic N) is 2. The minimum Gasteiger partial charge on any atom is -0.379 e. The predicted molar refractivity (Wildman–Crippen MR) is 99.9 cm³/mol. The SMILES string of the molecule is O=[14C](N[C@@H]1CCOC1)c1cccc(-n2ncc3cc(OS(=O)(=O)O)ccc32)c1. The number of benzene rings is 2. The summed E-state index contributed by atoms with van der Waals surface area (Å²) in [5.41, 5.74) is 1.86. The first-order valence-corrected chi connectivity index (χ1v) is 9.89. The van der Waals surface area contributed by atoms with E-state index < -0.39 is 10.4 Å². The molecule has 1 aliphatic heterocycles. The molecule has 2 heterocycles. The molecule has 3 aromatic rings. The zero-order valence-electron chi connectivity index (χ0n) is 14.6. The van der Waals surface area contributed by atoms with Crippen LogP contribution in [0, 0.1) is 0 Å². The maximum atomic E-state index is 12.5. The molecule has 1 atom stereocenters. The standard InChI is InChI=1S/C18H17N3O6S/c22-18(20-14-6-7-26-11-14)12-2-1-3-15(8-12)21-17-5-4-16(27-28(23,24)25)9-13(17)10-19-21/h1-5,8-10,14H,6-7,11H2,(H,20,22)(H,23,24,25)/t14-/m1/s1/i18+2. The van der Waals surface area contributed by atoms with Crippen LogP contribution in [0.4, 0.5) is 0 Å². The number of aromatic nitrogens is 2. The number of carbonyl (C=O) groups excluding carboxylic acids is 1. The Balaban J connectivity index is 1.62. The summed E-state index contributed by atoms with van der Waals surface area (Å²) in [5, 5.41) is 7.86. The number of carbonyl (C=O) groups is 1. The second-order valence-electron chi connectivity index (χ2n) is 6.37. The van der Waals surface area contributed by atoms with Crippen molar-refractivity contribution in [3.8, 4) is 11.4 Å². The van der Waals surface area contributed by atoms with Crippen molar-refractivity contribution in [2.75, 3.05) is 13.2 Å². The fraction of sp³-hybridized carbons (Fsp3) is 0.222. The summed E-state index contributed by atoms with van der Waals surface area (Å²) >= 11 is 0. The van der Waals surface area contributed by atoms with Crippen LogP contribution in [0.5, 0.6) is 5.75 Å². The highest BCUT2D eigenvalue weighted by Crippen LogP contribution is 2.24. The third kappa shape index (κ3) is 3.98. The Bertz CT molecular complexity index is 1140. The lowest BCUT2D eigenvalue weighted by molar-refractivity contribution is 0.0930. The number of hydrogen-bond acceptors (Lipinski definition) is 6. The van der Waals surface area contributed by atoms with E-state index in [-0.39, 0.29) is 17.7 Å². The van der Waals surface area contributed by atoms with Gasteiger partial charge >= 0.3 is 10.4 Å². The van der Waals surface area contributed by atoms with Crippen LogP contribution in [-0.4, -0.2) is 47.9 Å². The first-order chi connectivity index (χ1) is 13.4. The zero-order valence-corrected chi connectivity index (χ0v) is 15.4. The van der Waals surface area contributed by atoms with E-state index in [4.69, 9.17) is 9.29 Å². The first-order valence-electron chi connectivity index (χ1n) is 8.53. The third-order valence-electron chi connectivity index (χ3n) is 4.36. The predicted octanol–water partition coefficient (Wildman–Crippen LogP) is 1.73. The van der Waals surface area contributed by atoms with Gasteiger partial charge in [-0.1, -0.05) is 6.07 Å². The molecule has 28 heavy (non-hydrogen) atoms. The lowest BCUT2D eigenvalue weighted by Crippen LogP contribution is -2.35. The molecule has 1 aromatic heterocycles. The van der Waals surface area contributed by atoms with Gasteiger partial charge in [0, 0.05) is 17.6 Å². The van der Waals surface area contributed by atoms with Gasteiger partial charge in [0.2, 0.25) is 0 Å². The monoisotopic (exact) mass is 405 g/mol. The van der Waals surface area contributed by atoms with Gasteiger partial charge < -0.3 is 14.2 Å². The number of amides is 1. The Labute approximate surface area is 160 Å². The van der Waals surface area contributed by atoms with E-state index >= 15 is 0 Å². The summed E-state index contributed by atoms with van der Waals surface area (Å²) in [4.78, 5) is 12.5. The first kappa shape index (κ1) is 18.4. The van der Waals surface area contributed by atoms with Crippen molar-refractivity contribution in [3.05, 3.63) is 54.2 Å². The van der Waals surface area contributed by atoms with Crippen molar-refractivity contribution in [2.24, 2.45) is 0 Å². The quantitative estimate of drug-likeness (QED) is 0.620. The molecule has 0 saturated carbocycles. The minimum absolute atomic E-state index is 0.0166. The molecule has 2 aromatic carbocycles. The van der Waals surface area contributed by atoms with E-state index in [0.29, 0.717) is 35.4 Å². The Hall–Kier alpha value is -2.95. The van der Waals surface area contributed by atoms with Gasteiger partial charge in [0.05, 0.1) is 30.0 Å². The van der Waals surface area contributed by atoms with Gasteiger partial charge in [0.15, 0.2) is 0 Å². The molecule has 146 valence electrons. The highest BCUT2D eigenvalue weighted by atomic mass is 32.3. The average Bonchev–Trinajstić information content (AvgIpc) is 3.29. The molecule has 1 saturated heterocycles. The minimum atomic E-state index is -4.60. The Morgan fingerprint density at radius 1 is 1.29 bits per heavy atom. The van der Waals surface area contributed by atoms with Gasteiger partial charge in [-0.25, -0.2) is 4.68 Å². The van der Waals surface area contributed by atoms with Gasteiger partial charge in [-0.2, -0.15) is 13.5 Å². The smallest absolute Gasteiger partial charge is 0.379 e. The van der Waals surface area contributed by atoms with Crippen molar-refractivity contribution in [2.45, 2.75) is 12.5 Å². The number of hydrogen-bond donors (Lipinski definition) is 2. The lowest BCUT2D eigenvalue weighted by atomic mass is 10.2. The van der Waals surface area contributed by atoms with E-state index in [1.165, 1.54) is 18.3 Å². The van der Waals surface area contributed by atoms with Crippen LogP contribution >= 0.6 is 0 Å². The molecule has 1 amide bonds. The van der Waals surface area contributed by atoms with Crippen molar-refractivity contribution in [1.82, 2.24) is 15.1 Å². The molecule has 2 N–H and O–H groups in total. The zero-order chi connectivity index (χ0) is 19.7. The molecule has 9 nitrogen and oxygen atoms in total. The largest absolute Gasteiger partial charge is 0.446 e. The molecular weight excluding hydrogens is 388 g/mol. The van der Waals surface area contributed by atoms with E-state index in [1.54, 1.807) is 28.9 Å². The number of fused-ring (bicyclic) bond motifs is 1. The van der Waals surface area contributed by atoms with Crippen molar-refractivity contribution >= 4 is 27.2 Å². The molecular formula is C18H17N3O6S. The second-order valence-corrected chi connectivity index (χ2v) is 7.39. The van der Waals surface area contributed by atoms with Crippen LogP contribution in [0.15, 0.2) is 48.7 Å². The van der Waals surface area contributed by atoms with E-state index in [0.717, 1.165) is 6.42 Å². The fourth-order valence-electron chi connectivity index (χ4n) is 3.09. The third-order valence-corrected chi connectivity index (χ3v) is 4.76. The van der Waals surface area contributed by atoms with Gasteiger partial charge in [-0.3, -0.25) is 9.35 Å². The molecule has 4 rings (SSSR count). The maximum Gasteiger partial charge on any atom is 0.446 e. The van der Waals surface area contributed by atoms with Crippen LogP contribution in [0.3, 0.4) is 0 Å². The summed E-state index contributed by atoms with van der Waals surface area (Å²) in [7, 11) is -4.60. The molecule has 0 radical (unpaired) electrons. The van der Waals surface area contributed by atoms with Gasteiger partial charge in [-0.05, 0) is 42.8 Å². The molecule has 0 unspecified atom stereocenters. The van der Waals surface area contributed by atoms with Crippen molar-refractivity contribution < 1.29 is 26.7 Å². The molecule has 0 aliphatic carbocycles. The summed E-state index contributed by atoms with van der Waals surface area (Å²) in [6.07, 6.45) is 2.33. The molecule has 1 fully saturated rings. The topological polar surface area (TPSA) is 120 Å². The summed E-state index contributed by atoms with van der Waals surface area (Å²) < 4.78 is 41.9. The van der Waals surface area contributed by atoms with Crippen LogP contribution in [0.2, 0.25) is 0 Å². The highest BCUT2D eigenvalue weighted by molar-refractivity contribution is 7.81. The Morgan fingerprint density at radius 2 is 2.14 bits per heavy atom. The fourth-order valence-corrected chi connectivity index (χ4v) is 3.43.